The molecule has 1 amide bonds. The van der Waals surface area contributed by atoms with Gasteiger partial charge in [-0.2, -0.15) is 5.10 Å². The molecule has 0 radical (unpaired) electrons. The molecule has 17 heavy (non-hydrogen) atoms. The van der Waals surface area contributed by atoms with Crippen molar-refractivity contribution in [2.24, 2.45) is 7.05 Å². The van der Waals surface area contributed by atoms with Crippen LogP contribution in [0.4, 0.5) is 4.79 Å². The zero-order valence-electron chi connectivity index (χ0n) is 9.63. The van der Waals surface area contributed by atoms with Crippen LogP contribution in [0, 0.1) is 0 Å². The maximum Gasteiger partial charge on any atom is 0.407 e. The van der Waals surface area contributed by atoms with Gasteiger partial charge in [0.2, 0.25) is 0 Å². The lowest BCUT2D eigenvalue weighted by Gasteiger charge is -2.16. The normalized spacial score (nSPS) is 24.1. The largest absolute Gasteiger partial charge is 0.484 e. The molecule has 1 aromatic rings. The predicted octanol–water partition coefficient (Wildman–Crippen LogP) is 1.70. The van der Waals surface area contributed by atoms with Gasteiger partial charge in [-0.25, -0.2) is 4.79 Å². The van der Waals surface area contributed by atoms with Crippen molar-refractivity contribution in [3.8, 4) is 5.75 Å². The highest BCUT2D eigenvalue weighted by Gasteiger charge is 2.34. The maximum absolute atomic E-state index is 10.9. The molecule has 1 N–H and O–H groups in total. The first-order valence-corrected chi connectivity index (χ1v) is 6.12. The first-order valence-electron chi connectivity index (χ1n) is 5.32. The molecule has 0 spiro atoms. The summed E-state index contributed by atoms with van der Waals surface area (Å²) in [5.41, 5.74) is 0. The Hall–Kier alpha value is -1.24. The summed E-state index contributed by atoms with van der Waals surface area (Å²) in [5.74, 6) is 0.650. The third kappa shape index (κ3) is 2.38. The molecule has 1 aliphatic heterocycles. The number of nitrogens with zero attached hydrogens (tertiary/aromatic N) is 3. The highest BCUT2D eigenvalue weighted by atomic mass is 79.9. The van der Waals surface area contributed by atoms with Crippen LogP contribution in [0.3, 0.4) is 0 Å². The van der Waals surface area contributed by atoms with E-state index in [0.717, 1.165) is 4.60 Å². The molecular formula is C10H14BrN3O3. The number of amides is 1. The van der Waals surface area contributed by atoms with Gasteiger partial charge in [-0.3, -0.25) is 4.68 Å². The van der Waals surface area contributed by atoms with Gasteiger partial charge in [-0.1, -0.05) is 0 Å². The van der Waals surface area contributed by atoms with Gasteiger partial charge < -0.3 is 14.7 Å². The lowest BCUT2D eigenvalue weighted by Crippen LogP contribution is -2.33. The van der Waals surface area contributed by atoms with Crippen LogP contribution >= 0.6 is 15.9 Å². The van der Waals surface area contributed by atoms with Gasteiger partial charge >= 0.3 is 6.09 Å². The molecule has 1 fully saturated rings. The second kappa shape index (κ2) is 4.56. The summed E-state index contributed by atoms with van der Waals surface area (Å²) in [6.07, 6.45) is 1.32. The van der Waals surface area contributed by atoms with E-state index in [-0.39, 0.29) is 12.1 Å². The number of carboxylic acid groups (broad SMARTS) is 1. The van der Waals surface area contributed by atoms with Gasteiger partial charge in [0.1, 0.15) is 10.7 Å². The molecule has 0 aromatic carbocycles. The summed E-state index contributed by atoms with van der Waals surface area (Å²) < 4.78 is 8.16. The Morgan fingerprint density at radius 2 is 2.41 bits per heavy atom. The molecule has 0 bridgehead atoms. The standard InChI is InChI=1S/C10H14BrN3O3/c1-6-3-7(5-14(6)10(15)16)17-8-4-12-13(2)9(8)11/h4,6-7H,3,5H2,1-2H3,(H,15,16)/t6-,7-/m0/s1. The molecular weight excluding hydrogens is 290 g/mol. The second-order valence-corrected chi connectivity index (χ2v) is 4.93. The van der Waals surface area contributed by atoms with E-state index in [1.54, 1.807) is 17.9 Å². The van der Waals surface area contributed by atoms with Crippen LogP contribution in [0.2, 0.25) is 0 Å². The van der Waals surface area contributed by atoms with Crippen molar-refractivity contribution in [3.05, 3.63) is 10.8 Å². The van der Waals surface area contributed by atoms with Crippen molar-refractivity contribution < 1.29 is 14.6 Å². The van der Waals surface area contributed by atoms with Crippen LogP contribution in [0.15, 0.2) is 10.8 Å². The average molecular weight is 304 g/mol. The SMILES string of the molecule is C[C@H]1C[C@H](Oc2cnn(C)c2Br)CN1C(=O)O. The molecule has 94 valence electrons. The van der Waals surface area contributed by atoms with E-state index < -0.39 is 6.09 Å². The lowest BCUT2D eigenvalue weighted by molar-refractivity contribution is 0.136. The molecule has 2 rings (SSSR count). The Morgan fingerprint density at radius 3 is 2.88 bits per heavy atom. The second-order valence-electron chi connectivity index (χ2n) is 4.18. The minimum Gasteiger partial charge on any atom is -0.484 e. The first-order chi connectivity index (χ1) is 7.99. The van der Waals surface area contributed by atoms with Crippen LogP contribution in [0.5, 0.6) is 5.75 Å². The minimum atomic E-state index is -0.895. The smallest absolute Gasteiger partial charge is 0.407 e. The monoisotopic (exact) mass is 303 g/mol. The van der Waals surface area contributed by atoms with E-state index in [4.69, 9.17) is 9.84 Å². The Morgan fingerprint density at radius 1 is 1.71 bits per heavy atom. The number of hydrogen-bond acceptors (Lipinski definition) is 3. The third-order valence-corrected chi connectivity index (χ3v) is 3.82. The summed E-state index contributed by atoms with van der Waals surface area (Å²) in [5, 5.41) is 13.0. The van der Waals surface area contributed by atoms with Crippen molar-refractivity contribution in [2.75, 3.05) is 6.54 Å². The van der Waals surface area contributed by atoms with Gasteiger partial charge in [0, 0.05) is 19.5 Å². The summed E-state index contributed by atoms with van der Waals surface area (Å²) in [6.45, 7) is 2.29. The van der Waals surface area contributed by atoms with Gasteiger partial charge in [-0.05, 0) is 22.9 Å². The number of halogens is 1. The maximum atomic E-state index is 10.9. The molecule has 2 atom stereocenters. The van der Waals surface area contributed by atoms with Crippen molar-refractivity contribution in [3.63, 3.8) is 0 Å². The zero-order chi connectivity index (χ0) is 12.6. The van der Waals surface area contributed by atoms with E-state index in [2.05, 4.69) is 21.0 Å². The van der Waals surface area contributed by atoms with Crippen LogP contribution in [0.25, 0.3) is 0 Å². The van der Waals surface area contributed by atoms with Crippen molar-refractivity contribution in [1.82, 2.24) is 14.7 Å². The number of aryl methyl sites for hydroxylation is 1. The number of aromatic nitrogens is 2. The number of ether oxygens (including phenoxy) is 1. The zero-order valence-corrected chi connectivity index (χ0v) is 11.2. The topological polar surface area (TPSA) is 67.6 Å². The van der Waals surface area contributed by atoms with E-state index in [1.807, 2.05) is 6.92 Å². The summed E-state index contributed by atoms with van der Waals surface area (Å²) >= 11 is 3.36. The van der Waals surface area contributed by atoms with Crippen LogP contribution in [0.1, 0.15) is 13.3 Å². The van der Waals surface area contributed by atoms with Crippen LogP contribution in [-0.2, 0) is 7.05 Å². The Balaban J connectivity index is 2.02. The molecule has 0 saturated carbocycles. The van der Waals surface area contributed by atoms with Crippen molar-refractivity contribution in [1.29, 1.82) is 0 Å². The molecule has 6 nitrogen and oxygen atoms in total. The van der Waals surface area contributed by atoms with E-state index in [9.17, 15) is 4.79 Å². The molecule has 0 unspecified atom stereocenters. The first kappa shape index (κ1) is 12.2. The van der Waals surface area contributed by atoms with Gasteiger partial charge in [0.15, 0.2) is 5.75 Å². The number of hydrogen-bond donors (Lipinski definition) is 1. The van der Waals surface area contributed by atoms with Gasteiger partial charge in [0.25, 0.3) is 0 Å². The third-order valence-electron chi connectivity index (χ3n) is 2.91. The van der Waals surface area contributed by atoms with E-state index in [0.29, 0.717) is 18.7 Å². The lowest BCUT2D eigenvalue weighted by atomic mass is 10.2. The summed E-state index contributed by atoms with van der Waals surface area (Å²) in [6, 6.07) is -0.00653. The quantitative estimate of drug-likeness (QED) is 0.903. The van der Waals surface area contributed by atoms with Gasteiger partial charge in [-0.15, -0.1) is 0 Å². The fourth-order valence-corrected chi connectivity index (χ4v) is 2.28. The molecule has 1 aliphatic rings. The molecule has 0 aliphatic carbocycles. The summed E-state index contributed by atoms with van der Waals surface area (Å²) in [4.78, 5) is 12.3. The fraction of sp³-hybridized carbons (Fsp3) is 0.600. The molecule has 1 saturated heterocycles. The van der Waals surface area contributed by atoms with Crippen molar-refractivity contribution in [2.45, 2.75) is 25.5 Å². The Bertz CT molecular complexity index is 434. The number of rotatable bonds is 2. The average Bonchev–Trinajstić information content (AvgIpc) is 2.76. The number of likely N-dealkylation sites (tertiary alicyclic amines) is 1. The predicted molar refractivity (Wildman–Crippen MR) is 64.1 cm³/mol. The fourth-order valence-electron chi connectivity index (χ4n) is 1.99. The molecule has 2 heterocycles. The van der Waals surface area contributed by atoms with Gasteiger partial charge in [0.05, 0.1) is 12.7 Å². The van der Waals surface area contributed by atoms with E-state index >= 15 is 0 Å². The van der Waals surface area contributed by atoms with Crippen LogP contribution < -0.4 is 4.74 Å². The van der Waals surface area contributed by atoms with Crippen molar-refractivity contribution >= 4 is 22.0 Å². The van der Waals surface area contributed by atoms with Crippen LogP contribution in [-0.4, -0.2) is 44.6 Å². The highest BCUT2D eigenvalue weighted by Crippen LogP contribution is 2.28. The summed E-state index contributed by atoms with van der Waals surface area (Å²) in [7, 11) is 1.80. The number of carbonyl (C=O) groups is 1. The molecule has 1 aromatic heterocycles. The Labute approximate surface area is 107 Å². The minimum absolute atomic E-state index is 0.00653. The Kier molecular flexibility index (Phi) is 3.28. The van der Waals surface area contributed by atoms with E-state index in [1.165, 1.54) is 4.90 Å². The highest BCUT2D eigenvalue weighted by molar-refractivity contribution is 9.10. The molecule has 7 heteroatoms.